The van der Waals surface area contributed by atoms with Crippen LogP contribution in [0.4, 0.5) is 16.2 Å². The quantitative estimate of drug-likeness (QED) is 0.664. The molecule has 0 saturated heterocycles. The number of hydrogen-bond donors (Lipinski definition) is 2. The summed E-state index contributed by atoms with van der Waals surface area (Å²) in [5.74, 6) is -1.13. The summed E-state index contributed by atoms with van der Waals surface area (Å²) in [5, 5.41) is 5.17. The smallest absolute Gasteiger partial charge is 0.411 e. The molecule has 0 aliphatic rings. The molecule has 1 atom stereocenters. The minimum absolute atomic E-state index is 0.201. The molecule has 142 valence electrons. The highest BCUT2D eigenvalue weighted by atomic mass is 79.9. The van der Waals surface area contributed by atoms with Crippen molar-refractivity contribution in [1.82, 2.24) is 0 Å². The molecule has 27 heavy (non-hydrogen) atoms. The molecule has 2 amide bonds. The average molecular weight is 435 g/mol. The second kappa shape index (κ2) is 9.72. The fourth-order valence-corrected chi connectivity index (χ4v) is 2.33. The van der Waals surface area contributed by atoms with Crippen LogP contribution in [0.5, 0.6) is 0 Å². The van der Waals surface area contributed by atoms with E-state index in [0.717, 1.165) is 4.47 Å². The van der Waals surface area contributed by atoms with E-state index in [1.54, 1.807) is 43.3 Å². The molecule has 0 fully saturated rings. The van der Waals surface area contributed by atoms with E-state index in [1.807, 2.05) is 0 Å². The van der Waals surface area contributed by atoms with Crippen molar-refractivity contribution in [2.75, 3.05) is 17.2 Å². The lowest BCUT2D eigenvalue weighted by Crippen LogP contribution is -2.30. The number of benzene rings is 2. The van der Waals surface area contributed by atoms with Crippen molar-refractivity contribution in [3.8, 4) is 0 Å². The van der Waals surface area contributed by atoms with Gasteiger partial charge >= 0.3 is 12.1 Å². The number of ether oxygens (including phenoxy) is 2. The van der Waals surface area contributed by atoms with Gasteiger partial charge in [-0.05, 0) is 56.3 Å². The molecule has 0 bridgehead atoms. The molecule has 2 aromatic rings. The first-order chi connectivity index (χ1) is 12.9. The standard InChI is InChI=1S/C19H19BrN2O5/c1-3-26-19(25)22-16-6-4-5-13(11-16)18(24)27-12(2)17(23)21-15-9-7-14(20)8-10-15/h4-12H,3H2,1-2H3,(H,21,23)(H,22,25). The van der Waals surface area contributed by atoms with Crippen molar-refractivity contribution in [2.24, 2.45) is 0 Å². The number of amides is 2. The van der Waals surface area contributed by atoms with E-state index in [4.69, 9.17) is 9.47 Å². The number of rotatable bonds is 6. The predicted molar refractivity (Wildman–Crippen MR) is 105 cm³/mol. The van der Waals surface area contributed by atoms with E-state index in [1.165, 1.54) is 19.1 Å². The maximum atomic E-state index is 12.3. The largest absolute Gasteiger partial charge is 0.450 e. The molecule has 0 aromatic heterocycles. The molecule has 0 spiro atoms. The Labute approximate surface area is 165 Å². The fraction of sp³-hybridized carbons (Fsp3) is 0.211. The maximum absolute atomic E-state index is 12.3. The lowest BCUT2D eigenvalue weighted by Gasteiger charge is -2.14. The summed E-state index contributed by atoms with van der Waals surface area (Å²) in [7, 11) is 0. The molecule has 0 aliphatic heterocycles. The van der Waals surface area contributed by atoms with E-state index in [2.05, 4.69) is 26.6 Å². The highest BCUT2D eigenvalue weighted by Crippen LogP contribution is 2.16. The van der Waals surface area contributed by atoms with Crippen molar-refractivity contribution in [1.29, 1.82) is 0 Å². The third kappa shape index (κ3) is 6.41. The van der Waals surface area contributed by atoms with Gasteiger partial charge in [-0.15, -0.1) is 0 Å². The minimum atomic E-state index is -0.997. The Bertz CT molecular complexity index is 823. The fourth-order valence-electron chi connectivity index (χ4n) is 2.07. The third-order valence-corrected chi connectivity index (χ3v) is 3.91. The van der Waals surface area contributed by atoms with Crippen molar-refractivity contribution in [2.45, 2.75) is 20.0 Å². The number of hydrogen-bond acceptors (Lipinski definition) is 5. The van der Waals surface area contributed by atoms with Crippen molar-refractivity contribution < 1.29 is 23.9 Å². The Balaban J connectivity index is 1.96. The van der Waals surface area contributed by atoms with Crippen LogP contribution in [-0.4, -0.2) is 30.7 Å². The van der Waals surface area contributed by atoms with Crippen LogP contribution in [-0.2, 0) is 14.3 Å². The first-order valence-corrected chi connectivity index (χ1v) is 8.99. The van der Waals surface area contributed by atoms with Gasteiger partial charge in [0.15, 0.2) is 6.10 Å². The molecule has 0 heterocycles. The van der Waals surface area contributed by atoms with Crippen LogP contribution in [0.1, 0.15) is 24.2 Å². The molecular formula is C19H19BrN2O5. The molecule has 8 heteroatoms. The van der Waals surface area contributed by atoms with E-state index in [0.29, 0.717) is 11.4 Å². The van der Waals surface area contributed by atoms with Gasteiger partial charge in [0.25, 0.3) is 5.91 Å². The molecule has 2 N–H and O–H groups in total. The number of anilines is 2. The third-order valence-electron chi connectivity index (χ3n) is 3.38. The summed E-state index contributed by atoms with van der Waals surface area (Å²) >= 11 is 3.31. The van der Waals surface area contributed by atoms with Gasteiger partial charge in [-0.1, -0.05) is 22.0 Å². The van der Waals surface area contributed by atoms with Gasteiger partial charge in [0.05, 0.1) is 12.2 Å². The normalized spacial score (nSPS) is 11.2. The summed E-state index contributed by atoms with van der Waals surface area (Å²) in [6.07, 6.45) is -1.62. The summed E-state index contributed by atoms with van der Waals surface area (Å²) in [4.78, 5) is 35.9. The lowest BCUT2D eigenvalue weighted by molar-refractivity contribution is -0.123. The van der Waals surface area contributed by atoms with E-state index < -0.39 is 24.1 Å². The number of nitrogens with one attached hydrogen (secondary N) is 2. The number of carbonyl (C=O) groups excluding carboxylic acids is 3. The monoisotopic (exact) mass is 434 g/mol. The molecule has 1 unspecified atom stereocenters. The van der Waals surface area contributed by atoms with Gasteiger partial charge in [-0.3, -0.25) is 10.1 Å². The molecule has 2 rings (SSSR count). The molecule has 2 aromatic carbocycles. The Kier molecular flexibility index (Phi) is 7.36. The predicted octanol–water partition coefficient (Wildman–Crippen LogP) is 4.20. The zero-order valence-corrected chi connectivity index (χ0v) is 16.4. The number of carbonyl (C=O) groups is 3. The second-order valence-electron chi connectivity index (χ2n) is 5.47. The van der Waals surface area contributed by atoms with Crippen molar-refractivity contribution in [3.05, 3.63) is 58.6 Å². The van der Waals surface area contributed by atoms with Crippen LogP contribution >= 0.6 is 15.9 Å². The Morgan fingerprint density at radius 2 is 1.74 bits per heavy atom. The molecule has 0 aliphatic carbocycles. The highest BCUT2D eigenvalue weighted by Gasteiger charge is 2.19. The van der Waals surface area contributed by atoms with E-state index >= 15 is 0 Å². The summed E-state index contributed by atoms with van der Waals surface area (Å²) in [5.41, 5.74) is 1.18. The highest BCUT2D eigenvalue weighted by molar-refractivity contribution is 9.10. The number of halogens is 1. The van der Waals surface area contributed by atoms with Gasteiger partial charge in [-0.25, -0.2) is 9.59 Å². The molecule has 0 saturated carbocycles. The van der Waals surface area contributed by atoms with Gasteiger partial charge in [0, 0.05) is 15.8 Å². The van der Waals surface area contributed by atoms with E-state index in [9.17, 15) is 14.4 Å². The van der Waals surface area contributed by atoms with Crippen LogP contribution < -0.4 is 10.6 Å². The maximum Gasteiger partial charge on any atom is 0.411 e. The first-order valence-electron chi connectivity index (χ1n) is 8.20. The Hall–Kier alpha value is -2.87. The Morgan fingerprint density at radius 3 is 2.41 bits per heavy atom. The summed E-state index contributed by atoms with van der Waals surface area (Å²) in [6, 6.07) is 13.2. The van der Waals surface area contributed by atoms with Crippen molar-refractivity contribution in [3.63, 3.8) is 0 Å². The summed E-state index contributed by atoms with van der Waals surface area (Å²) < 4.78 is 10.9. The van der Waals surface area contributed by atoms with Gasteiger partial charge in [0.1, 0.15) is 0 Å². The lowest BCUT2D eigenvalue weighted by atomic mass is 10.2. The zero-order valence-electron chi connectivity index (χ0n) is 14.8. The van der Waals surface area contributed by atoms with Crippen LogP contribution in [0, 0.1) is 0 Å². The summed E-state index contributed by atoms with van der Waals surface area (Å²) in [6.45, 7) is 3.40. The molecule has 7 nitrogen and oxygen atoms in total. The topological polar surface area (TPSA) is 93.7 Å². The SMILES string of the molecule is CCOC(=O)Nc1cccc(C(=O)OC(C)C(=O)Nc2ccc(Br)cc2)c1. The van der Waals surface area contributed by atoms with Crippen LogP contribution in [0.3, 0.4) is 0 Å². The molecule has 0 radical (unpaired) electrons. The minimum Gasteiger partial charge on any atom is -0.450 e. The van der Waals surface area contributed by atoms with Crippen LogP contribution in [0.15, 0.2) is 53.0 Å². The Morgan fingerprint density at radius 1 is 1.04 bits per heavy atom. The van der Waals surface area contributed by atoms with Crippen molar-refractivity contribution >= 4 is 45.3 Å². The van der Waals surface area contributed by atoms with Gasteiger partial charge in [-0.2, -0.15) is 0 Å². The average Bonchev–Trinajstić information content (AvgIpc) is 2.64. The van der Waals surface area contributed by atoms with Crippen LogP contribution in [0.2, 0.25) is 0 Å². The first kappa shape index (κ1) is 20.4. The van der Waals surface area contributed by atoms with Gasteiger partial charge < -0.3 is 14.8 Å². The number of esters is 1. The van der Waals surface area contributed by atoms with Crippen LogP contribution in [0.25, 0.3) is 0 Å². The van der Waals surface area contributed by atoms with Gasteiger partial charge in [0.2, 0.25) is 0 Å². The second-order valence-corrected chi connectivity index (χ2v) is 6.39. The zero-order chi connectivity index (χ0) is 19.8. The van der Waals surface area contributed by atoms with E-state index in [-0.39, 0.29) is 12.2 Å². The molecular weight excluding hydrogens is 416 g/mol.